The number of nitrogens with zero attached hydrogens (tertiary/aromatic N) is 2. The van der Waals surface area contributed by atoms with Crippen LogP contribution in [0.15, 0.2) is 54.2 Å². The summed E-state index contributed by atoms with van der Waals surface area (Å²) in [6, 6.07) is 10.8. The topological polar surface area (TPSA) is 84.0 Å². The second-order valence-corrected chi connectivity index (χ2v) is 6.55. The van der Waals surface area contributed by atoms with Crippen LogP contribution in [-0.4, -0.2) is 21.8 Å². The highest BCUT2D eigenvalue weighted by atomic mass is 32.1. The van der Waals surface area contributed by atoms with E-state index in [2.05, 4.69) is 20.6 Å². The van der Waals surface area contributed by atoms with Crippen LogP contribution in [0.2, 0.25) is 0 Å². The van der Waals surface area contributed by atoms with Crippen LogP contribution < -0.4 is 10.6 Å². The van der Waals surface area contributed by atoms with Crippen molar-refractivity contribution in [2.75, 3.05) is 10.6 Å². The Bertz CT molecular complexity index is 891. The number of anilines is 2. The molecular formula is C19H18N4O2S. The number of carbonyl (C=O) groups is 2. The Morgan fingerprint density at radius 3 is 2.46 bits per heavy atom. The van der Waals surface area contributed by atoms with Gasteiger partial charge in [-0.1, -0.05) is 0 Å². The maximum atomic E-state index is 12.1. The molecule has 0 saturated heterocycles. The molecule has 2 aromatic heterocycles. The van der Waals surface area contributed by atoms with E-state index in [0.717, 1.165) is 16.3 Å². The van der Waals surface area contributed by atoms with Gasteiger partial charge in [0, 0.05) is 48.1 Å². The first kappa shape index (κ1) is 17.8. The number of rotatable bonds is 6. The van der Waals surface area contributed by atoms with Crippen molar-refractivity contribution in [1.29, 1.82) is 0 Å². The number of aromatic nitrogens is 2. The predicted octanol–water partition coefficient (Wildman–Crippen LogP) is 3.73. The Morgan fingerprint density at radius 1 is 1.08 bits per heavy atom. The number of carbonyl (C=O) groups excluding carboxylic acids is 2. The summed E-state index contributed by atoms with van der Waals surface area (Å²) >= 11 is 1.55. The van der Waals surface area contributed by atoms with E-state index in [0.29, 0.717) is 24.2 Å². The molecule has 2 amide bonds. The van der Waals surface area contributed by atoms with Crippen LogP contribution in [0.4, 0.5) is 11.4 Å². The summed E-state index contributed by atoms with van der Waals surface area (Å²) in [5.74, 6) is -0.205. The van der Waals surface area contributed by atoms with Gasteiger partial charge in [-0.25, -0.2) is 4.98 Å². The summed E-state index contributed by atoms with van der Waals surface area (Å²) in [6.45, 7) is 1.45. The normalized spacial score (nSPS) is 10.3. The monoisotopic (exact) mass is 366 g/mol. The zero-order valence-electron chi connectivity index (χ0n) is 14.2. The Labute approximate surface area is 155 Å². The highest BCUT2D eigenvalue weighted by molar-refractivity contribution is 7.13. The van der Waals surface area contributed by atoms with Crippen LogP contribution >= 0.6 is 11.3 Å². The zero-order chi connectivity index (χ0) is 18.4. The molecule has 0 aliphatic heterocycles. The average Bonchev–Trinajstić information content (AvgIpc) is 3.11. The second kappa shape index (κ2) is 8.35. The molecule has 6 nitrogen and oxygen atoms in total. The fourth-order valence-electron chi connectivity index (χ4n) is 2.35. The molecule has 2 heterocycles. The van der Waals surface area contributed by atoms with Crippen LogP contribution in [-0.2, 0) is 16.0 Å². The van der Waals surface area contributed by atoms with Gasteiger partial charge in [-0.3, -0.25) is 14.6 Å². The van der Waals surface area contributed by atoms with E-state index < -0.39 is 0 Å². The molecule has 0 atom stereocenters. The fourth-order valence-corrected chi connectivity index (χ4v) is 3.19. The molecular weight excluding hydrogens is 348 g/mol. The van der Waals surface area contributed by atoms with Crippen molar-refractivity contribution in [2.45, 2.75) is 19.8 Å². The third-order valence-electron chi connectivity index (χ3n) is 3.56. The number of hydrogen-bond donors (Lipinski definition) is 2. The molecule has 0 fully saturated rings. The molecule has 7 heteroatoms. The van der Waals surface area contributed by atoms with Crippen molar-refractivity contribution in [2.24, 2.45) is 0 Å². The van der Waals surface area contributed by atoms with Crippen LogP contribution in [0.3, 0.4) is 0 Å². The van der Waals surface area contributed by atoms with E-state index >= 15 is 0 Å². The lowest BCUT2D eigenvalue weighted by Gasteiger charge is -2.06. The predicted molar refractivity (Wildman–Crippen MR) is 103 cm³/mol. The lowest BCUT2D eigenvalue weighted by molar-refractivity contribution is -0.116. The van der Waals surface area contributed by atoms with Crippen molar-refractivity contribution in [3.63, 3.8) is 0 Å². The van der Waals surface area contributed by atoms with Gasteiger partial charge in [0.05, 0.1) is 5.69 Å². The van der Waals surface area contributed by atoms with Gasteiger partial charge in [-0.15, -0.1) is 11.3 Å². The summed E-state index contributed by atoms with van der Waals surface area (Å²) in [4.78, 5) is 31.8. The number of benzene rings is 1. The number of nitrogens with one attached hydrogen (secondary N) is 2. The van der Waals surface area contributed by atoms with Crippen LogP contribution in [0, 0.1) is 0 Å². The third kappa shape index (κ3) is 4.97. The lowest BCUT2D eigenvalue weighted by Crippen LogP contribution is -2.12. The molecule has 0 aliphatic rings. The minimum absolute atomic E-state index is 0.0757. The van der Waals surface area contributed by atoms with E-state index in [1.54, 1.807) is 48.0 Å². The van der Waals surface area contributed by atoms with Crippen LogP contribution in [0.5, 0.6) is 0 Å². The van der Waals surface area contributed by atoms with E-state index in [1.165, 1.54) is 6.92 Å². The van der Waals surface area contributed by atoms with E-state index in [4.69, 9.17) is 0 Å². The van der Waals surface area contributed by atoms with E-state index in [9.17, 15) is 9.59 Å². The summed E-state index contributed by atoms with van der Waals surface area (Å²) in [7, 11) is 0. The SMILES string of the molecule is CC(=O)Nc1ccc(NC(=O)CCc2csc(-c3cccnc3)n2)cc1. The third-order valence-corrected chi connectivity index (χ3v) is 4.50. The number of thiazole rings is 1. The summed E-state index contributed by atoms with van der Waals surface area (Å²) in [5.41, 5.74) is 3.26. The standard InChI is InChI=1S/C19H18N4O2S/c1-13(24)21-15-4-6-16(7-5-15)22-18(25)9-8-17-12-26-19(23-17)14-3-2-10-20-11-14/h2-7,10-12H,8-9H2,1H3,(H,21,24)(H,22,25). The minimum Gasteiger partial charge on any atom is -0.326 e. The Morgan fingerprint density at radius 2 is 1.81 bits per heavy atom. The van der Waals surface area contributed by atoms with Gasteiger partial charge in [0.1, 0.15) is 5.01 Å². The Balaban J connectivity index is 1.51. The van der Waals surface area contributed by atoms with Crippen molar-refractivity contribution in [3.8, 4) is 10.6 Å². The summed E-state index contributed by atoms with van der Waals surface area (Å²) in [5, 5.41) is 8.40. The largest absolute Gasteiger partial charge is 0.326 e. The second-order valence-electron chi connectivity index (χ2n) is 5.69. The Kier molecular flexibility index (Phi) is 5.70. The molecule has 0 radical (unpaired) electrons. The molecule has 0 aliphatic carbocycles. The zero-order valence-corrected chi connectivity index (χ0v) is 15.0. The van der Waals surface area contributed by atoms with Gasteiger partial charge in [-0.2, -0.15) is 0 Å². The number of hydrogen-bond acceptors (Lipinski definition) is 5. The lowest BCUT2D eigenvalue weighted by atomic mass is 10.2. The molecule has 0 bridgehead atoms. The number of amides is 2. The van der Waals surface area contributed by atoms with Gasteiger partial charge in [-0.05, 0) is 42.8 Å². The van der Waals surface area contributed by atoms with Crippen molar-refractivity contribution >= 4 is 34.5 Å². The van der Waals surface area contributed by atoms with E-state index in [1.807, 2.05) is 17.5 Å². The van der Waals surface area contributed by atoms with Crippen molar-refractivity contribution in [1.82, 2.24) is 9.97 Å². The van der Waals surface area contributed by atoms with Gasteiger partial charge >= 0.3 is 0 Å². The molecule has 2 N–H and O–H groups in total. The average molecular weight is 366 g/mol. The van der Waals surface area contributed by atoms with Gasteiger partial charge in [0.15, 0.2) is 0 Å². The summed E-state index contributed by atoms with van der Waals surface area (Å²) in [6.07, 6.45) is 4.43. The van der Waals surface area contributed by atoms with Crippen LogP contribution in [0.25, 0.3) is 10.6 Å². The summed E-state index contributed by atoms with van der Waals surface area (Å²) < 4.78 is 0. The smallest absolute Gasteiger partial charge is 0.224 e. The van der Waals surface area contributed by atoms with Crippen LogP contribution in [0.1, 0.15) is 19.0 Å². The highest BCUT2D eigenvalue weighted by Crippen LogP contribution is 2.23. The quantitative estimate of drug-likeness (QED) is 0.696. The van der Waals surface area contributed by atoms with Gasteiger partial charge in [0.25, 0.3) is 0 Å². The van der Waals surface area contributed by atoms with Gasteiger partial charge in [0.2, 0.25) is 11.8 Å². The number of pyridine rings is 1. The molecule has 0 saturated carbocycles. The van der Waals surface area contributed by atoms with E-state index in [-0.39, 0.29) is 11.8 Å². The molecule has 3 aromatic rings. The number of aryl methyl sites for hydroxylation is 1. The molecule has 3 rings (SSSR count). The minimum atomic E-state index is -0.129. The fraction of sp³-hybridized carbons (Fsp3) is 0.158. The Hall–Kier alpha value is -3.06. The molecule has 0 spiro atoms. The molecule has 0 unspecified atom stereocenters. The first-order valence-electron chi connectivity index (χ1n) is 8.12. The molecule has 132 valence electrons. The van der Waals surface area contributed by atoms with Crippen molar-refractivity contribution in [3.05, 3.63) is 59.9 Å². The molecule has 26 heavy (non-hydrogen) atoms. The first-order valence-corrected chi connectivity index (χ1v) is 9.00. The highest BCUT2D eigenvalue weighted by Gasteiger charge is 2.08. The first-order chi connectivity index (χ1) is 12.6. The maximum absolute atomic E-state index is 12.1. The van der Waals surface area contributed by atoms with Gasteiger partial charge < -0.3 is 10.6 Å². The van der Waals surface area contributed by atoms with Crippen molar-refractivity contribution < 1.29 is 9.59 Å². The maximum Gasteiger partial charge on any atom is 0.224 e. The molecule has 1 aromatic carbocycles.